The van der Waals surface area contributed by atoms with Gasteiger partial charge in [0, 0.05) is 0 Å². The van der Waals surface area contributed by atoms with E-state index in [1.165, 1.54) is 5.57 Å². The third kappa shape index (κ3) is 4.37. The second-order valence-electron chi connectivity index (χ2n) is 12.0. The lowest BCUT2D eigenvalue weighted by atomic mass is 9.46. The Morgan fingerprint density at radius 1 is 1.11 bits per heavy atom. The Morgan fingerprint density at radius 3 is 2.49 bits per heavy atom. The van der Waals surface area contributed by atoms with Gasteiger partial charge in [-0.15, -0.1) is 0 Å². The zero-order valence-corrected chi connectivity index (χ0v) is 21.0. The van der Waals surface area contributed by atoms with Gasteiger partial charge in [-0.2, -0.15) is 0 Å². The van der Waals surface area contributed by atoms with Crippen molar-refractivity contribution in [1.29, 1.82) is 0 Å². The van der Waals surface area contributed by atoms with E-state index in [0.29, 0.717) is 18.8 Å². The lowest BCUT2D eigenvalue weighted by molar-refractivity contribution is -0.297. The van der Waals surface area contributed by atoms with E-state index in [0.717, 1.165) is 32.1 Å². The van der Waals surface area contributed by atoms with Crippen molar-refractivity contribution in [3.63, 3.8) is 0 Å². The molecule has 9 heteroatoms. The average molecular weight is 499 g/mol. The molecule has 0 bridgehead atoms. The standard InChI is InChI=1S/C26H42O9/c1-24(18(29)13-28)10-7-15-14(11-24)5-6-17-25(15,2)8-4-9-26(17,3)23(33)35-22-21(32)20(31)19(30)16(12-27)34-22/h7,14,16-22,27-32H,4-6,8-13H2,1-3H3/t14-,16+,17-,18?,19+,20-,21+,22-,24-,25-,26+/m0/s1. The third-order valence-electron chi connectivity index (χ3n) is 9.85. The fraction of sp³-hybridized carbons (Fsp3) is 0.885. The van der Waals surface area contributed by atoms with Gasteiger partial charge >= 0.3 is 5.97 Å². The molecule has 9 nitrogen and oxygen atoms in total. The van der Waals surface area contributed by atoms with Gasteiger partial charge in [0.25, 0.3) is 0 Å². The maximum Gasteiger partial charge on any atom is 0.314 e. The Bertz CT molecular complexity index is 830. The van der Waals surface area contributed by atoms with E-state index in [2.05, 4.69) is 13.0 Å². The summed E-state index contributed by atoms with van der Waals surface area (Å²) in [6, 6.07) is 0. The molecule has 6 N–H and O–H groups in total. The van der Waals surface area contributed by atoms with Gasteiger partial charge in [-0.25, -0.2) is 0 Å². The molecule has 0 aromatic heterocycles. The smallest absolute Gasteiger partial charge is 0.314 e. The van der Waals surface area contributed by atoms with Crippen LogP contribution < -0.4 is 0 Å². The van der Waals surface area contributed by atoms with Gasteiger partial charge in [-0.05, 0) is 68.1 Å². The van der Waals surface area contributed by atoms with Crippen LogP contribution in [0.25, 0.3) is 0 Å². The van der Waals surface area contributed by atoms with E-state index in [-0.39, 0.29) is 23.4 Å². The topological polar surface area (TPSA) is 157 Å². The Labute approximate surface area is 206 Å². The van der Waals surface area contributed by atoms with Crippen LogP contribution in [0.4, 0.5) is 0 Å². The predicted molar refractivity (Wildman–Crippen MR) is 125 cm³/mol. The van der Waals surface area contributed by atoms with E-state index >= 15 is 0 Å². The van der Waals surface area contributed by atoms with E-state index in [4.69, 9.17) is 9.47 Å². The van der Waals surface area contributed by atoms with Crippen LogP contribution in [0.1, 0.15) is 65.7 Å². The number of hydrogen-bond donors (Lipinski definition) is 6. The summed E-state index contributed by atoms with van der Waals surface area (Å²) in [5, 5.41) is 59.9. The largest absolute Gasteiger partial charge is 0.432 e. The average Bonchev–Trinajstić information content (AvgIpc) is 2.83. The Balaban J connectivity index is 1.56. The summed E-state index contributed by atoms with van der Waals surface area (Å²) in [6.07, 6.45) is -0.325. The maximum absolute atomic E-state index is 13.6. The molecule has 0 aromatic rings. The predicted octanol–water partition coefficient (Wildman–Crippen LogP) is 0.632. The highest BCUT2D eigenvalue weighted by Crippen LogP contribution is 2.64. The molecule has 35 heavy (non-hydrogen) atoms. The highest BCUT2D eigenvalue weighted by Gasteiger charge is 2.59. The summed E-state index contributed by atoms with van der Waals surface area (Å²) >= 11 is 0. The zero-order chi connectivity index (χ0) is 25.8. The minimum atomic E-state index is -1.62. The summed E-state index contributed by atoms with van der Waals surface area (Å²) in [6.45, 7) is 5.31. The van der Waals surface area contributed by atoms with Crippen LogP contribution in [0, 0.1) is 28.1 Å². The summed E-state index contributed by atoms with van der Waals surface area (Å²) in [5.41, 5.74) is -0.0757. The highest BCUT2D eigenvalue weighted by molar-refractivity contribution is 5.77. The van der Waals surface area contributed by atoms with E-state index in [9.17, 15) is 35.4 Å². The fourth-order valence-corrected chi connectivity index (χ4v) is 7.59. The van der Waals surface area contributed by atoms with Crippen LogP contribution in [0.5, 0.6) is 0 Å². The van der Waals surface area contributed by atoms with Crippen molar-refractivity contribution in [3.05, 3.63) is 11.6 Å². The molecule has 3 fully saturated rings. The second-order valence-corrected chi connectivity index (χ2v) is 12.0. The zero-order valence-electron chi connectivity index (χ0n) is 21.0. The molecule has 11 atom stereocenters. The van der Waals surface area contributed by atoms with Crippen molar-refractivity contribution >= 4 is 5.97 Å². The number of aliphatic hydroxyl groups is 6. The van der Waals surface area contributed by atoms with Gasteiger partial charge < -0.3 is 40.1 Å². The van der Waals surface area contributed by atoms with E-state index < -0.39 is 54.8 Å². The first-order valence-electron chi connectivity index (χ1n) is 12.9. The van der Waals surface area contributed by atoms with Gasteiger partial charge in [-0.1, -0.05) is 31.9 Å². The Hall–Kier alpha value is -1.07. The molecule has 1 aliphatic heterocycles. The molecule has 2 saturated carbocycles. The van der Waals surface area contributed by atoms with Crippen molar-refractivity contribution in [2.45, 2.75) is 103 Å². The van der Waals surface area contributed by atoms with Crippen LogP contribution >= 0.6 is 0 Å². The summed E-state index contributed by atoms with van der Waals surface area (Å²) in [5.74, 6) is -0.205. The molecule has 4 aliphatic rings. The van der Waals surface area contributed by atoms with Gasteiger partial charge in [0.05, 0.1) is 24.7 Å². The third-order valence-corrected chi connectivity index (χ3v) is 9.85. The lowest BCUT2D eigenvalue weighted by Crippen LogP contribution is -2.61. The van der Waals surface area contributed by atoms with E-state index in [1.54, 1.807) is 0 Å². The van der Waals surface area contributed by atoms with Crippen LogP contribution in [-0.2, 0) is 14.3 Å². The Morgan fingerprint density at radius 2 is 1.83 bits per heavy atom. The van der Waals surface area contributed by atoms with Crippen LogP contribution in [0.2, 0.25) is 0 Å². The number of allylic oxidation sites excluding steroid dienone is 2. The number of esters is 1. The first-order chi connectivity index (χ1) is 16.4. The first kappa shape index (κ1) is 27.0. The van der Waals surface area contributed by atoms with Gasteiger partial charge in [0.2, 0.25) is 6.29 Å². The fourth-order valence-electron chi connectivity index (χ4n) is 7.59. The van der Waals surface area contributed by atoms with Crippen LogP contribution in [0.15, 0.2) is 11.6 Å². The van der Waals surface area contributed by atoms with Crippen molar-refractivity contribution < 1.29 is 44.9 Å². The van der Waals surface area contributed by atoms with Gasteiger partial charge in [0.15, 0.2) is 0 Å². The SMILES string of the molecule is C[C@]1(C(O)CO)CC=C2[C@@H](CC[C@@H]3[C@](C)(C(=O)O[C@@H]4O[C@H](CO)[C@@H](O)[C@H](O)[C@H]4O)CCC[C@@]23C)C1. The maximum atomic E-state index is 13.6. The molecule has 4 rings (SSSR count). The molecule has 3 aliphatic carbocycles. The number of rotatable bonds is 5. The molecule has 0 radical (unpaired) electrons. The number of carbonyl (C=O) groups excluding carboxylic acids is 1. The summed E-state index contributed by atoms with van der Waals surface area (Å²) in [4.78, 5) is 13.6. The number of carbonyl (C=O) groups is 1. The highest BCUT2D eigenvalue weighted by atomic mass is 16.7. The number of ether oxygens (including phenoxy) is 2. The van der Waals surface area contributed by atoms with Crippen LogP contribution in [-0.4, -0.2) is 86.6 Å². The number of fused-ring (bicyclic) bond motifs is 3. The quantitative estimate of drug-likeness (QED) is 0.236. The molecule has 0 amide bonds. The molecular formula is C26H42O9. The number of aliphatic hydroxyl groups excluding tert-OH is 6. The summed E-state index contributed by atoms with van der Waals surface area (Å²) < 4.78 is 11.1. The monoisotopic (exact) mass is 498 g/mol. The van der Waals surface area contributed by atoms with Crippen molar-refractivity contribution in [2.24, 2.45) is 28.1 Å². The van der Waals surface area contributed by atoms with Crippen molar-refractivity contribution in [1.82, 2.24) is 0 Å². The summed E-state index contributed by atoms with van der Waals surface area (Å²) in [7, 11) is 0. The van der Waals surface area contributed by atoms with E-state index in [1.807, 2.05) is 13.8 Å². The van der Waals surface area contributed by atoms with Gasteiger partial charge in [0.1, 0.15) is 24.4 Å². The van der Waals surface area contributed by atoms with Crippen molar-refractivity contribution in [3.8, 4) is 0 Å². The minimum Gasteiger partial charge on any atom is -0.432 e. The molecule has 0 aromatic carbocycles. The molecule has 1 heterocycles. The normalized spacial score (nSPS) is 48.8. The van der Waals surface area contributed by atoms with Gasteiger partial charge in [-0.3, -0.25) is 4.79 Å². The van der Waals surface area contributed by atoms with Crippen molar-refractivity contribution in [2.75, 3.05) is 13.2 Å². The molecule has 0 spiro atoms. The molecule has 1 unspecified atom stereocenters. The van der Waals surface area contributed by atoms with Crippen LogP contribution in [0.3, 0.4) is 0 Å². The molecule has 200 valence electrons. The number of hydrogen-bond acceptors (Lipinski definition) is 9. The second kappa shape index (κ2) is 9.67. The Kier molecular flexibility index (Phi) is 7.45. The minimum absolute atomic E-state index is 0.00996. The first-order valence-corrected chi connectivity index (χ1v) is 12.9. The molecule has 1 saturated heterocycles. The lowest BCUT2D eigenvalue weighted by Gasteiger charge is -2.58. The molecular weight excluding hydrogens is 456 g/mol.